The van der Waals surface area contributed by atoms with Crippen LogP contribution in [0.1, 0.15) is 18.4 Å². The third kappa shape index (κ3) is 3.10. The highest BCUT2D eigenvalue weighted by Crippen LogP contribution is 2.18. The average Bonchev–Trinajstić information content (AvgIpc) is 2.18. The summed E-state index contributed by atoms with van der Waals surface area (Å²) in [5.41, 5.74) is 0.937. The molecule has 14 heavy (non-hydrogen) atoms. The summed E-state index contributed by atoms with van der Waals surface area (Å²) < 4.78 is 18.2. The van der Waals surface area contributed by atoms with Crippen molar-refractivity contribution in [1.29, 1.82) is 0 Å². The van der Waals surface area contributed by atoms with Crippen LogP contribution in [0, 0.1) is 25.1 Å². The van der Waals surface area contributed by atoms with Crippen molar-refractivity contribution in [1.82, 2.24) is 0 Å². The third-order valence-corrected chi connectivity index (χ3v) is 1.87. The van der Waals surface area contributed by atoms with Gasteiger partial charge in [0.15, 0.2) is 0 Å². The van der Waals surface area contributed by atoms with E-state index in [0.29, 0.717) is 18.8 Å². The molecule has 0 bridgehead atoms. The first-order valence-corrected chi connectivity index (χ1v) is 4.56. The van der Waals surface area contributed by atoms with E-state index in [0.717, 1.165) is 12.0 Å². The maximum Gasteiger partial charge on any atom is 0.126 e. The number of aryl methyl sites for hydroxylation is 1. The van der Waals surface area contributed by atoms with E-state index < -0.39 is 0 Å². The minimum Gasteiger partial charge on any atom is -0.493 e. The van der Waals surface area contributed by atoms with E-state index in [9.17, 15) is 4.39 Å². The minimum absolute atomic E-state index is 0.275. The summed E-state index contributed by atoms with van der Waals surface area (Å²) in [6.07, 6.45) is 6.58. The summed E-state index contributed by atoms with van der Waals surface area (Å²) >= 11 is 0. The fourth-order valence-corrected chi connectivity index (χ4v) is 1.09. The average molecular weight is 192 g/mol. The van der Waals surface area contributed by atoms with E-state index in [-0.39, 0.29) is 5.82 Å². The van der Waals surface area contributed by atoms with Crippen molar-refractivity contribution < 1.29 is 9.13 Å². The van der Waals surface area contributed by atoms with Crippen molar-refractivity contribution >= 4 is 0 Å². The van der Waals surface area contributed by atoms with Crippen LogP contribution in [0.15, 0.2) is 18.2 Å². The van der Waals surface area contributed by atoms with Gasteiger partial charge in [-0.3, -0.25) is 0 Å². The molecule has 0 fully saturated rings. The van der Waals surface area contributed by atoms with Gasteiger partial charge in [0.05, 0.1) is 6.61 Å². The van der Waals surface area contributed by atoms with Gasteiger partial charge in [-0.05, 0) is 25.0 Å². The smallest absolute Gasteiger partial charge is 0.126 e. The molecule has 74 valence electrons. The Kier molecular flexibility index (Phi) is 4.00. The maximum atomic E-state index is 12.8. The van der Waals surface area contributed by atoms with Crippen LogP contribution in [0.25, 0.3) is 0 Å². The fourth-order valence-electron chi connectivity index (χ4n) is 1.09. The molecule has 1 nitrogen and oxygen atoms in total. The normalized spacial score (nSPS) is 9.50. The highest BCUT2D eigenvalue weighted by Gasteiger charge is 2.00. The van der Waals surface area contributed by atoms with Crippen LogP contribution < -0.4 is 4.74 Å². The fraction of sp³-hybridized carbons (Fsp3) is 0.333. The second-order valence-corrected chi connectivity index (χ2v) is 3.07. The Morgan fingerprint density at radius 2 is 2.29 bits per heavy atom. The molecule has 0 spiro atoms. The van der Waals surface area contributed by atoms with Crippen LogP contribution in [-0.2, 0) is 0 Å². The number of hydrogen-bond acceptors (Lipinski definition) is 1. The SMILES string of the molecule is C#CCCCOc1cc(F)ccc1C. The van der Waals surface area contributed by atoms with Crippen molar-refractivity contribution in [2.45, 2.75) is 19.8 Å². The van der Waals surface area contributed by atoms with Crippen molar-refractivity contribution in [2.75, 3.05) is 6.61 Å². The van der Waals surface area contributed by atoms with Gasteiger partial charge in [0, 0.05) is 12.5 Å². The van der Waals surface area contributed by atoms with Gasteiger partial charge in [0.25, 0.3) is 0 Å². The first kappa shape index (κ1) is 10.6. The molecule has 0 aliphatic carbocycles. The van der Waals surface area contributed by atoms with E-state index in [4.69, 9.17) is 11.2 Å². The molecule has 0 radical (unpaired) electrons. The molecule has 2 heteroatoms. The number of rotatable bonds is 4. The molecular weight excluding hydrogens is 179 g/mol. The highest BCUT2D eigenvalue weighted by atomic mass is 19.1. The number of terminal acetylenes is 1. The standard InChI is InChI=1S/C12H13FO/c1-3-4-5-8-14-12-9-11(13)7-6-10(12)2/h1,6-7,9H,4-5,8H2,2H3. The Labute approximate surface area is 83.9 Å². The maximum absolute atomic E-state index is 12.8. The molecule has 0 amide bonds. The molecule has 0 N–H and O–H groups in total. The molecule has 0 saturated carbocycles. The Hall–Kier alpha value is -1.49. The highest BCUT2D eigenvalue weighted by molar-refractivity contribution is 5.32. The minimum atomic E-state index is -0.275. The summed E-state index contributed by atoms with van der Waals surface area (Å²) in [7, 11) is 0. The number of halogens is 1. The lowest BCUT2D eigenvalue weighted by Crippen LogP contribution is -1.98. The van der Waals surface area contributed by atoms with E-state index in [2.05, 4.69) is 5.92 Å². The van der Waals surface area contributed by atoms with Crippen molar-refractivity contribution in [3.05, 3.63) is 29.6 Å². The molecule has 0 saturated heterocycles. The van der Waals surface area contributed by atoms with Gasteiger partial charge in [-0.15, -0.1) is 12.3 Å². The Bertz CT molecular complexity index is 339. The first-order chi connectivity index (χ1) is 6.74. The summed E-state index contributed by atoms with van der Waals surface area (Å²) in [5.74, 6) is 2.85. The van der Waals surface area contributed by atoms with Crippen LogP contribution in [-0.4, -0.2) is 6.61 Å². The van der Waals surface area contributed by atoms with E-state index in [1.807, 2.05) is 6.92 Å². The Balaban J connectivity index is 2.50. The quantitative estimate of drug-likeness (QED) is 0.526. The molecule has 0 aromatic heterocycles. The Morgan fingerprint density at radius 3 is 3.00 bits per heavy atom. The molecular formula is C12H13FO. The van der Waals surface area contributed by atoms with Gasteiger partial charge in [0.2, 0.25) is 0 Å². The van der Waals surface area contributed by atoms with Gasteiger partial charge in [0.1, 0.15) is 11.6 Å². The summed E-state index contributed by atoms with van der Waals surface area (Å²) in [5, 5.41) is 0. The van der Waals surface area contributed by atoms with E-state index in [1.165, 1.54) is 12.1 Å². The zero-order valence-electron chi connectivity index (χ0n) is 8.22. The molecule has 0 unspecified atom stereocenters. The lowest BCUT2D eigenvalue weighted by molar-refractivity contribution is 0.309. The second-order valence-electron chi connectivity index (χ2n) is 3.07. The van der Waals surface area contributed by atoms with Gasteiger partial charge in [-0.1, -0.05) is 6.07 Å². The van der Waals surface area contributed by atoms with Crippen molar-refractivity contribution in [3.63, 3.8) is 0 Å². The van der Waals surface area contributed by atoms with Crippen LogP contribution in [0.3, 0.4) is 0 Å². The molecule has 0 aliphatic rings. The van der Waals surface area contributed by atoms with Crippen LogP contribution in [0.5, 0.6) is 5.75 Å². The molecule has 0 atom stereocenters. The molecule has 1 aromatic rings. The Morgan fingerprint density at radius 1 is 1.50 bits per heavy atom. The van der Waals surface area contributed by atoms with Gasteiger partial charge >= 0.3 is 0 Å². The van der Waals surface area contributed by atoms with Crippen molar-refractivity contribution in [3.8, 4) is 18.1 Å². The first-order valence-electron chi connectivity index (χ1n) is 4.56. The number of benzene rings is 1. The van der Waals surface area contributed by atoms with Gasteiger partial charge in [-0.25, -0.2) is 4.39 Å². The summed E-state index contributed by atoms with van der Waals surface area (Å²) in [6.45, 7) is 2.42. The summed E-state index contributed by atoms with van der Waals surface area (Å²) in [6, 6.07) is 4.51. The van der Waals surface area contributed by atoms with E-state index in [1.54, 1.807) is 6.07 Å². The van der Waals surface area contributed by atoms with Crippen LogP contribution in [0.2, 0.25) is 0 Å². The monoisotopic (exact) mass is 192 g/mol. The predicted octanol–water partition coefficient (Wildman–Crippen LogP) is 2.93. The third-order valence-electron chi connectivity index (χ3n) is 1.87. The number of unbranched alkanes of at least 4 members (excludes halogenated alkanes) is 1. The van der Waals surface area contributed by atoms with Gasteiger partial charge < -0.3 is 4.74 Å². The largest absolute Gasteiger partial charge is 0.493 e. The zero-order chi connectivity index (χ0) is 10.4. The van der Waals surface area contributed by atoms with Crippen molar-refractivity contribution in [2.24, 2.45) is 0 Å². The zero-order valence-corrected chi connectivity index (χ0v) is 8.22. The molecule has 0 heterocycles. The molecule has 0 aliphatic heterocycles. The second kappa shape index (κ2) is 5.29. The molecule has 1 aromatic carbocycles. The predicted molar refractivity (Wildman–Crippen MR) is 54.7 cm³/mol. The lowest BCUT2D eigenvalue weighted by Gasteiger charge is -2.07. The van der Waals surface area contributed by atoms with E-state index >= 15 is 0 Å². The van der Waals surface area contributed by atoms with Crippen LogP contribution in [0.4, 0.5) is 4.39 Å². The molecule has 1 rings (SSSR count). The topological polar surface area (TPSA) is 9.23 Å². The summed E-state index contributed by atoms with van der Waals surface area (Å²) in [4.78, 5) is 0. The van der Waals surface area contributed by atoms with Gasteiger partial charge in [-0.2, -0.15) is 0 Å². The van der Waals surface area contributed by atoms with Crippen LogP contribution >= 0.6 is 0 Å². The number of hydrogen-bond donors (Lipinski definition) is 0. The lowest BCUT2D eigenvalue weighted by atomic mass is 10.2. The number of ether oxygens (including phenoxy) is 1.